The lowest BCUT2D eigenvalue weighted by Crippen LogP contribution is -2.16. The fourth-order valence-electron chi connectivity index (χ4n) is 1.09. The van der Waals surface area contributed by atoms with Gasteiger partial charge in [0.25, 0.3) is 5.91 Å². The van der Waals surface area contributed by atoms with Crippen molar-refractivity contribution in [3.8, 4) is 11.8 Å². The summed E-state index contributed by atoms with van der Waals surface area (Å²) in [5.74, 6) is -1.15. The number of nitro benzene ring substituents is 1. The van der Waals surface area contributed by atoms with Crippen LogP contribution in [0.25, 0.3) is 0 Å². The van der Waals surface area contributed by atoms with Crippen LogP contribution < -0.4 is 5.43 Å². The molecule has 0 unspecified atom stereocenters. The molecule has 8 nitrogen and oxygen atoms in total. The largest absolute Gasteiger partial charge is 0.502 e. The number of hydrogen-bond donors (Lipinski definition) is 2. The van der Waals surface area contributed by atoms with Gasteiger partial charge in [0.05, 0.1) is 17.2 Å². The first-order valence-electron chi connectivity index (χ1n) is 4.71. The van der Waals surface area contributed by atoms with Gasteiger partial charge in [-0.15, -0.1) is 0 Å². The van der Waals surface area contributed by atoms with Crippen LogP contribution >= 0.6 is 0 Å². The zero-order valence-electron chi connectivity index (χ0n) is 9.03. The highest BCUT2D eigenvalue weighted by Crippen LogP contribution is 2.27. The predicted octanol–water partition coefficient (Wildman–Crippen LogP) is 0.664. The van der Waals surface area contributed by atoms with E-state index in [2.05, 4.69) is 5.10 Å². The van der Waals surface area contributed by atoms with Gasteiger partial charge in [-0.25, -0.2) is 5.43 Å². The predicted molar refractivity (Wildman–Crippen MR) is 60.7 cm³/mol. The molecule has 1 aromatic carbocycles. The fourth-order valence-corrected chi connectivity index (χ4v) is 1.09. The molecule has 0 saturated carbocycles. The highest BCUT2D eigenvalue weighted by atomic mass is 16.6. The molecule has 0 aliphatic carbocycles. The van der Waals surface area contributed by atoms with Gasteiger partial charge >= 0.3 is 5.69 Å². The number of phenols is 1. The molecule has 0 fully saturated rings. The number of benzene rings is 1. The molecule has 1 aromatic rings. The van der Waals surface area contributed by atoms with Gasteiger partial charge in [0.15, 0.2) is 0 Å². The van der Waals surface area contributed by atoms with Crippen LogP contribution in [0, 0.1) is 21.4 Å². The van der Waals surface area contributed by atoms with E-state index in [1.54, 1.807) is 6.07 Å². The number of carbonyl (C=O) groups excluding carboxylic acids is 1. The van der Waals surface area contributed by atoms with Crippen LogP contribution in [0.15, 0.2) is 23.3 Å². The smallest absolute Gasteiger partial charge is 0.311 e. The average Bonchev–Trinajstić information content (AvgIpc) is 2.31. The summed E-state index contributed by atoms with van der Waals surface area (Å²) in [5.41, 5.74) is 1.66. The van der Waals surface area contributed by atoms with Crippen molar-refractivity contribution in [3.63, 3.8) is 0 Å². The number of para-hydroxylation sites is 1. The van der Waals surface area contributed by atoms with Crippen molar-refractivity contribution in [1.29, 1.82) is 5.26 Å². The Labute approximate surface area is 101 Å². The number of rotatable bonds is 4. The molecule has 0 heterocycles. The number of carbonyl (C=O) groups is 1. The van der Waals surface area contributed by atoms with Gasteiger partial charge in [-0.2, -0.15) is 10.4 Å². The number of hydrogen-bond acceptors (Lipinski definition) is 6. The average molecular weight is 248 g/mol. The van der Waals surface area contributed by atoms with Crippen LogP contribution in [-0.2, 0) is 4.79 Å². The maximum Gasteiger partial charge on any atom is 0.311 e. The van der Waals surface area contributed by atoms with Gasteiger partial charge in [0.1, 0.15) is 6.42 Å². The number of nitro groups is 1. The highest BCUT2D eigenvalue weighted by molar-refractivity contribution is 5.87. The zero-order chi connectivity index (χ0) is 13.5. The molecule has 92 valence electrons. The number of nitrogens with one attached hydrogen (secondary N) is 1. The molecule has 0 bridgehead atoms. The quantitative estimate of drug-likeness (QED) is 0.459. The number of amides is 1. The van der Waals surface area contributed by atoms with Crippen LogP contribution in [0.4, 0.5) is 5.69 Å². The highest BCUT2D eigenvalue weighted by Gasteiger charge is 2.14. The third kappa shape index (κ3) is 3.28. The van der Waals surface area contributed by atoms with E-state index < -0.39 is 22.3 Å². The SMILES string of the molecule is N#CCC(=O)N/N=C\c1cccc([N+](=O)[O-])c1O. The molecule has 0 saturated heterocycles. The molecule has 0 spiro atoms. The van der Waals surface area contributed by atoms with Gasteiger partial charge < -0.3 is 5.11 Å². The number of nitriles is 1. The minimum absolute atomic E-state index is 0.0847. The number of aromatic hydroxyl groups is 1. The van der Waals surface area contributed by atoms with Crippen LogP contribution in [0.3, 0.4) is 0 Å². The number of phenolic OH excluding ortho intramolecular Hbond substituents is 1. The van der Waals surface area contributed by atoms with E-state index >= 15 is 0 Å². The van der Waals surface area contributed by atoms with Crippen molar-refractivity contribution >= 4 is 17.8 Å². The van der Waals surface area contributed by atoms with Crippen molar-refractivity contribution in [2.45, 2.75) is 6.42 Å². The van der Waals surface area contributed by atoms with Crippen molar-refractivity contribution in [3.05, 3.63) is 33.9 Å². The standard InChI is InChI=1S/C10H8N4O4/c11-5-4-9(15)13-12-6-7-2-1-3-8(10(7)16)14(17)18/h1-3,6,16H,4H2,(H,13,15)/b12-6-. The first-order valence-corrected chi connectivity index (χ1v) is 4.71. The molecular formula is C10H8N4O4. The van der Waals surface area contributed by atoms with E-state index in [0.717, 1.165) is 12.3 Å². The molecule has 0 atom stereocenters. The van der Waals surface area contributed by atoms with E-state index in [4.69, 9.17) is 5.26 Å². The Morgan fingerprint density at radius 3 is 3.00 bits per heavy atom. The van der Waals surface area contributed by atoms with Crippen LogP contribution in [0.2, 0.25) is 0 Å². The number of nitrogens with zero attached hydrogens (tertiary/aromatic N) is 3. The number of hydrazone groups is 1. The van der Waals surface area contributed by atoms with Gasteiger partial charge in [0, 0.05) is 11.6 Å². The van der Waals surface area contributed by atoms with Gasteiger partial charge in [-0.05, 0) is 6.07 Å². The Hall–Kier alpha value is -2.95. The van der Waals surface area contributed by atoms with E-state index in [1.165, 1.54) is 12.1 Å². The summed E-state index contributed by atoms with van der Waals surface area (Å²) in [4.78, 5) is 20.7. The molecule has 0 aliphatic rings. The second-order valence-corrected chi connectivity index (χ2v) is 3.10. The normalized spacial score (nSPS) is 9.94. The van der Waals surface area contributed by atoms with E-state index in [9.17, 15) is 20.0 Å². The van der Waals surface area contributed by atoms with Gasteiger partial charge in [-0.1, -0.05) is 6.07 Å². The van der Waals surface area contributed by atoms with Crippen molar-refractivity contribution in [2.24, 2.45) is 5.10 Å². The van der Waals surface area contributed by atoms with Crippen LogP contribution in [0.5, 0.6) is 5.75 Å². The fraction of sp³-hybridized carbons (Fsp3) is 0.100. The topological polar surface area (TPSA) is 129 Å². The molecular weight excluding hydrogens is 240 g/mol. The molecule has 0 aliphatic heterocycles. The van der Waals surface area contributed by atoms with Crippen molar-refractivity contribution in [1.82, 2.24) is 5.43 Å². The Bertz CT molecular complexity index is 547. The summed E-state index contributed by atoms with van der Waals surface area (Å²) in [7, 11) is 0. The molecule has 2 N–H and O–H groups in total. The lowest BCUT2D eigenvalue weighted by atomic mass is 10.2. The second-order valence-electron chi connectivity index (χ2n) is 3.10. The summed E-state index contributed by atoms with van der Waals surface area (Å²) >= 11 is 0. The molecule has 0 aromatic heterocycles. The summed E-state index contributed by atoms with van der Waals surface area (Å²) < 4.78 is 0. The Kier molecular flexibility index (Phi) is 4.34. The van der Waals surface area contributed by atoms with Crippen LogP contribution in [-0.4, -0.2) is 22.2 Å². The second kappa shape index (κ2) is 5.95. The molecule has 18 heavy (non-hydrogen) atoms. The Morgan fingerprint density at radius 2 is 2.39 bits per heavy atom. The summed E-state index contributed by atoms with van der Waals surface area (Å²) in [6.07, 6.45) is 0.704. The summed E-state index contributed by atoms with van der Waals surface area (Å²) in [5, 5.41) is 31.7. The maximum atomic E-state index is 10.9. The third-order valence-corrected chi connectivity index (χ3v) is 1.88. The molecule has 8 heteroatoms. The molecule has 0 radical (unpaired) electrons. The Balaban J connectivity index is 2.83. The summed E-state index contributed by atoms with van der Waals surface area (Å²) in [6, 6.07) is 5.53. The van der Waals surface area contributed by atoms with Crippen LogP contribution in [0.1, 0.15) is 12.0 Å². The molecule has 1 amide bonds. The Morgan fingerprint density at radius 1 is 1.67 bits per heavy atom. The lowest BCUT2D eigenvalue weighted by molar-refractivity contribution is -0.385. The van der Waals surface area contributed by atoms with Gasteiger partial charge in [0.2, 0.25) is 5.75 Å². The van der Waals surface area contributed by atoms with Crippen molar-refractivity contribution < 1.29 is 14.8 Å². The van der Waals surface area contributed by atoms with Crippen molar-refractivity contribution in [2.75, 3.05) is 0 Å². The molecule has 1 rings (SSSR count). The van der Waals surface area contributed by atoms with E-state index in [-0.39, 0.29) is 12.0 Å². The first kappa shape index (κ1) is 13.1. The first-order chi connectivity index (χ1) is 8.56. The maximum absolute atomic E-state index is 10.9. The minimum atomic E-state index is -0.735. The van der Waals surface area contributed by atoms with E-state index in [0.29, 0.717) is 0 Å². The third-order valence-electron chi connectivity index (χ3n) is 1.88. The van der Waals surface area contributed by atoms with Gasteiger partial charge in [-0.3, -0.25) is 14.9 Å². The lowest BCUT2D eigenvalue weighted by Gasteiger charge is -1.99. The summed E-state index contributed by atoms with van der Waals surface area (Å²) in [6.45, 7) is 0. The monoisotopic (exact) mass is 248 g/mol. The minimum Gasteiger partial charge on any atom is -0.502 e. The van der Waals surface area contributed by atoms with E-state index in [1.807, 2.05) is 5.43 Å². The zero-order valence-corrected chi connectivity index (χ0v) is 9.03.